The van der Waals surface area contributed by atoms with Gasteiger partial charge in [0.1, 0.15) is 23.6 Å². The molecule has 7 nitrogen and oxygen atoms in total. The van der Waals surface area contributed by atoms with Gasteiger partial charge >= 0.3 is 5.97 Å². The molecule has 0 fully saturated rings. The van der Waals surface area contributed by atoms with Gasteiger partial charge in [0, 0.05) is 18.2 Å². The number of nitrogens with zero attached hydrogens (tertiary/aromatic N) is 1. The molecule has 26 heavy (non-hydrogen) atoms. The third-order valence-corrected chi connectivity index (χ3v) is 3.07. The number of aliphatic imine (C=N–C) groups is 1. The van der Waals surface area contributed by atoms with Crippen molar-refractivity contribution in [3.05, 3.63) is 23.8 Å². The van der Waals surface area contributed by atoms with Crippen molar-refractivity contribution in [2.75, 3.05) is 27.3 Å². The maximum atomic E-state index is 11.8. The van der Waals surface area contributed by atoms with Gasteiger partial charge in [0.2, 0.25) is 0 Å². The zero-order chi connectivity index (χ0) is 18.9. The molecule has 0 heterocycles. The van der Waals surface area contributed by atoms with E-state index in [9.17, 15) is 4.79 Å². The second kappa shape index (κ2) is 11.8. The number of guanidine groups is 1. The van der Waals surface area contributed by atoms with Crippen LogP contribution in [0.15, 0.2) is 23.2 Å². The standard InChI is InChI=1S/C18H29N3O4.HI/c1-7-19-17(21-12-16(22)25-18(2,3)4)20-11-13-8-9-14(23-5)10-15(13)24-6;/h8-10H,7,11-12H2,1-6H3,(H2,19,20,21);1H. The fraction of sp³-hybridized carbons (Fsp3) is 0.556. The van der Waals surface area contributed by atoms with Crippen LogP contribution in [0.3, 0.4) is 0 Å². The van der Waals surface area contributed by atoms with Gasteiger partial charge in [-0.1, -0.05) is 0 Å². The van der Waals surface area contributed by atoms with Gasteiger partial charge in [0.15, 0.2) is 5.96 Å². The van der Waals surface area contributed by atoms with E-state index in [1.165, 1.54) is 0 Å². The van der Waals surface area contributed by atoms with Crippen LogP contribution >= 0.6 is 24.0 Å². The quantitative estimate of drug-likeness (QED) is 0.271. The third-order valence-electron chi connectivity index (χ3n) is 3.07. The van der Waals surface area contributed by atoms with E-state index in [0.717, 1.165) is 11.3 Å². The van der Waals surface area contributed by atoms with Crippen LogP contribution in [0.25, 0.3) is 0 Å². The molecule has 0 aliphatic rings. The molecular formula is C18H30IN3O4. The summed E-state index contributed by atoms with van der Waals surface area (Å²) < 4.78 is 15.8. The zero-order valence-electron chi connectivity index (χ0n) is 16.3. The predicted octanol–water partition coefficient (Wildman–Crippen LogP) is 2.72. The molecule has 0 saturated heterocycles. The molecule has 1 aromatic carbocycles. The molecule has 0 aromatic heterocycles. The number of nitrogens with one attached hydrogen (secondary N) is 2. The van der Waals surface area contributed by atoms with Gasteiger partial charge in [-0.3, -0.25) is 4.79 Å². The Kier molecular flexibility index (Phi) is 11.0. The van der Waals surface area contributed by atoms with E-state index in [4.69, 9.17) is 14.2 Å². The normalized spacial score (nSPS) is 11.2. The van der Waals surface area contributed by atoms with Crippen LogP contribution in [0.2, 0.25) is 0 Å². The maximum Gasteiger partial charge on any atom is 0.325 e. The number of methoxy groups -OCH3 is 2. The van der Waals surface area contributed by atoms with Gasteiger partial charge in [-0.05, 0) is 39.8 Å². The Hall–Kier alpha value is -1.71. The summed E-state index contributed by atoms with van der Waals surface area (Å²) in [6.07, 6.45) is 0. The van der Waals surface area contributed by atoms with E-state index in [-0.39, 0.29) is 36.5 Å². The lowest BCUT2D eigenvalue weighted by molar-refractivity contribution is -0.153. The Morgan fingerprint density at radius 3 is 2.38 bits per heavy atom. The maximum absolute atomic E-state index is 11.8. The summed E-state index contributed by atoms with van der Waals surface area (Å²) in [5.74, 6) is 1.62. The zero-order valence-corrected chi connectivity index (χ0v) is 18.7. The molecule has 0 saturated carbocycles. The fourth-order valence-corrected chi connectivity index (χ4v) is 2.02. The van der Waals surface area contributed by atoms with Crippen molar-refractivity contribution in [3.63, 3.8) is 0 Å². The van der Waals surface area contributed by atoms with Crippen LogP contribution in [-0.2, 0) is 16.1 Å². The van der Waals surface area contributed by atoms with E-state index in [1.807, 2.05) is 45.9 Å². The molecule has 8 heteroatoms. The lowest BCUT2D eigenvalue weighted by Crippen LogP contribution is -2.41. The van der Waals surface area contributed by atoms with Gasteiger partial charge in [0.25, 0.3) is 0 Å². The lowest BCUT2D eigenvalue weighted by Gasteiger charge is -2.20. The van der Waals surface area contributed by atoms with Crippen LogP contribution < -0.4 is 20.1 Å². The molecule has 0 atom stereocenters. The summed E-state index contributed by atoms with van der Waals surface area (Å²) in [5.41, 5.74) is 0.405. The summed E-state index contributed by atoms with van der Waals surface area (Å²) in [6, 6.07) is 5.57. The Morgan fingerprint density at radius 1 is 1.15 bits per heavy atom. The molecule has 0 aliphatic carbocycles. The van der Waals surface area contributed by atoms with Gasteiger partial charge in [-0.15, -0.1) is 24.0 Å². The smallest absolute Gasteiger partial charge is 0.325 e. The van der Waals surface area contributed by atoms with Crippen molar-refractivity contribution in [3.8, 4) is 11.5 Å². The molecule has 0 radical (unpaired) electrons. The summed E-state index contributed by atoms with van der Waals surface area (Å²) in [5, 5.41) is 6.07. The first-order valence-electron chi connectivity index (χ1n) is 8.24. The number of carbonyl (C=O) groups excluding carboxylic acids is 1. The highest BCUT2D eigenvalue weighted by atomic mass is 127. The van der Waals surface area contributed by atoms with E-state index < -0.39 is 5.60 Å². The third kappa shape index (κ3) is 9.12. The molecule has 1 rings (SSSR count). The first-order valence-corrected chi connectivity index (χ1v) is 8.24. The Balaban J connectivity index is 0.00000625. The SMILES string of the molecule is CCNC(=NCc1ccc(OC)cc1OC)NCC(=O)OC(C)(C)C.I. The number of halogens is 1. The largest absolute Gasteiger partial charge is 0.497 e. The molecule has 1 aromatic rings. The first-order chi connectivity index (χ1) is 11.8. The first kappa shape index (κ1) is 24.3. The molecule has 0 amide bonds. The summed E-state index contributed by atoms with van der Waals surface area (Å²) in [6.45, 7) is 8.58. The average Bonchev–Trinajstić information content (AvgIpc) is 2.55. The number of esters is 1. The van der Waals surface area contributed by atoms with Crippen molar-refractivity contribution in [1.29, 1.82) is 0 Å². The number of hydrogen-bond acceptors (Lipinski definition) is 5. The fourth-order valence-electron chi connectivity index (χ4n) is 2.02. The van der Waals surface area contributed by atoms with Gasteiger partial charge in [0.05, 0.1) is 20.8 Å². The highest BCUT2D eigenvalue weighted by molar-refractivity contribution is 14.0. The van der Waals surface area contributed by atoms with Crippen molar-refractivity contribution in [1.82, 2.24) is 10.6 Å². The molecule has 2 N–H and O–H groups in total. The van der Waals surface area contributed by atoms with Gasteiger partial charge < -0.3 is 24.8 Å². The van der Waals surface area contributed by atoms with Crippen molar-refractivity contribution in [2.45, 2.75) is 39.8 Å². The van der Waals surface area contributed by atoms with Gasteiger partial charge in [-0.25, -0.2) is 4.99 Å². The van der Waals surface area contributed by atoms with E-state index >= 15 is 0 Å². The highest BCUT2D eigenvalue weighted by Gasteiger charge is 2.16. The van der Waals surface area contributed by atoms with Gasteiger partial charge in [-0.2, -0.15) is 0 Å². The lowest BCUT2D eigenvalue weighted by atomic mass is 10.2. The van der Waals surface area contributed by atoms with Crippen LogP contribution in [0.4, 0.5) is 0 Å². The highest BCUT2D eigenvalue weighted by Crippen LogP contribution is 2.25. The summed E-state index contributed by atoms with van der Waals surface area (Å²) in [7, 11) is 3.21. The number of carbonyl (C=O) groups is 1. The Morgan fingerprint density at radius 2 is 1.85 bits per heavy atom. The van der Waals surface area contributed by atoms with Crippen molar-refractivity contribution >= 4 is 35.9 Å². The number of hydrogen-bond donors (Lipinski definition) is 2. The minimum atomic E-state index is -0.509. The predicted molar refractivity (Wildman–Crippen MR) is 114 cm³/mol. The molecule has 0 unspecified atom stereocenters. The topological polar surface area (TPSA) is 81.2 Å². The van der Waals surface area contributed by atoms with Crippen LogP contribution in [0.1, 0.15) is 33.3 Å². The number of benzene rings is 1. The number of ether oxygens (including phenoxy) is 3. The van der Waals surface area contributed by atoms with E-state index in [1.54, 1.807) is 14.2 Å². The average molecular weight is 479 g/mol. The monoisotopic (exact) mass is 479 g/mol. The van der Waals surface area contributed by atoms with Crippen LogP contribution in [0, 0.1) is 0 Å². The summed E-state index contributed by atoms with van der Waals surface area (Å²) >= 11 is 0. The minimum absolute atomic E-state index is 0. The number of rotatable bonds is 7. The Bertz CT molecular complexity index is 601. The molecule has 0 bridgehead atoms. The Labute approximate surface area is 172 Å². The van der Waals surface area contributed by atoms with E-state index in [0.29, 0.717) is 24.8 Å². The van der Waals surface area contributed by atoms with Crippen LogP contribution in [0.5, 0.6) is 11.5 Å². The second-order valence-electron chi connectivity index (χ2n) is 6.31. The van der Waals surface area contributed by atoms with Crippen LogP contribution in [-0.4, -0.2) is 44.8 Å². The molecule has 148 valence electrons. The van der Waals surface area contributed by atoms with Crippen molar-refractivity contribution < 1.29 is 19.0 Å². The molecule has 0 aliphatic heterocycles. The molecule has 0 spiro atoms. The summed E-state index contributed by atoms with van der Waals surface area (Å²) in [4.78, 5) is 16.3. The molecular weight excluding hydrogens is 449 g/mol. The minimum Gasteiger partial charge on any atom is -0.497 e. The van der Waals surface area contributed by atoms with E-state index in [2.05, 4.69) is 15.6 Å². The second-order valence-corrected chi connectivity index (χ2v) is 6.31. The van der Waals surface area contributed by atoms with Crippen molar-refractivity contribution in [2.24, 2.45) is 4.99 Å².